The number of nitrogens with zero attached hydrogens (tertiary/aromatic N) is 1. The topological polar surface area (TPSA) is 47.0 Å². The highest BCUT2D eigenvalue weighted by Gasteiger charge is 2.10. The van der Waals surface area contributed by atoms with Crippen molar-refractivity contribution in [3.8, 4) is 5.75 Å². The van der Waals surface area contributed by atoms with Crippen LogP contribution in [0.1, 0.15) is 25.5 Å². The van der Waals surface area contributed by atoms with Crippen LogP contribution in [-0.2, 0) is 13.0 Å². The molecule has 0 fully saturated rings. The molecule has 1 heterocycles. The van der Waals surface area contributed by atoms with Gasteiger partial charge in [0.15, 0.2) is 0 Å². The quantitative estimate of drug-likeness (QED) is 0.787. The lowest BCUT2D eigenvalue weighted by molar-refractivity contribution is 0.297. The van der Waals surface area contributed by atoms with Crippen molar-refractivity contribution in [3.63, 3.8) is 0 Å². The molecule has 1 N–H and O–H groups in total. The van der Waals surface area contributed by atoms with E-state index < -0.39 is 0 Å². The third-order valence-electron chi connectivity index (χ3n) is 3.01. The first-order chi connectivity index (χ1) is 9.72. The average Bonchev–Trinajstić information content (AvgIpc) is 2.73. The number of H-pyrrole nitrogens is 1. The van der Waals surface area contributed by atoms with Crippen molar-refractivity contribution in [3.05, 3.63) is 50.9 Å². The van der Waals surface area contributed by atoms with Crippen molar-refractivity contribution >= 4 is 15.9 Å². The molecule has 0 aliphatic rings. The molecule has 0 saturated heterocycles. The Balaban J connectivity index is 1.85. The largest absolute Gasteiger partial charge is 0.494 e. The number of hydrogen-bond donors (Lipinski definition) is 1. The maximum Gasteiger partial charge on any atom is 0.281 e. The molecular formula is C15H19BrN2O2. The van der Waals surface area contributed by atoms with Crippen molar-refractivity contribution in [1.29, 1.82) is 0 Å². The number of rotatable bonds is 7. The van der Waals surface area contributed by atoms with E-state index in [0.717, 1.165) is 30.7 Å². The van der Waals surface area contributed by atoms with E-state index in [0.29, 0.717) is 17.6 Å². The Morgan fingerprint density at radius 2 is 2.05 bits per heavy atom. The maximum absolute atomic E-state index is 12.0. The lowest BCUT2D eigenvalue weighted by atomic mass is 10.3. The Hall–Kier alpha value is -1.49. The van der Waals surface area contributed by atoms with Gasteiger partial charge in [-0.15, -0.1) is 0 Å². The van der Waals surface area contributed by atoms with Crippen LogP contribution in [0.4, 0.5) is 0 Å². The normalized spacial score (nSPS) is 10.7. The zero-order chi connectivity index (χ0) is 14.4. The summed E-state index contributed by atoms with van der Waals surface area (Å²) in [6.07, 6.45) is 2.67. The second-order valence-electron chi connectivity index (χ2n) is 4.63. The Morgan fingerprint density at radius 3 is 2.75 bits per heavy atom. The molecule has 0 unspecified atom stereocenters. The molecule has 0 atom stereocenters. The van der Waals surface area contributed by atoms with Crippen molar-refractivity contribution < 1.29 is 4.74 Å². The molecule has 0 spiro atoms. The van der Waals surface area contributed by atoms with E-state index in [1.807, 2.05) is 30.3 Å². The van der Waals surface area contributed by atoms with Crippen LogP contribution in [0.25, 0.3) is 0 Å². The Bertz CT molecular complexity index is 590. The Kier molecular flexibility index (Phi) is 5.47. The third kappa shape index (κ3) is 3.76. The van der Waals surface area contributed by atoms with E-state index in [9.17, 15) is 4.79 Å². The minimum atomic E-state index is 0.00756. The summed E-state index contributed by atoms with van der Waals surface area (Å²) in [6.45, 7) is 3.32. The molecule has 0 bridgehead atoms. The monoisotopic (exact) mass is 338 g/mol. The van der Waals surface area contributed by atoms with E-state index in [1.54, 1.807) is 4.68 Å². The van der Waals surface area contributed by atoms with Gasteiger partial charge in [0, 0.05) is 13.0 Å². The van der Waals surface area contributed by atoms with Gasteiger partial charge >= 0.3 is 0 Å². The predicted octanol–water partition coefficient (Wildman–Crippen LogP) is 3.36. The van der Waals surface area contributed by atoms with E-state index in [1.165, 1.54) is 0 Å². The molecule has 20 heavy (non-hydrogen) atoms. The van der Waals surface area contributed by atoms with Crippen molar-refractivity contribution in [2.24, 2.45) is 0 Å². The molecule has 1 aromatic heterocycles. The van der Waals surface area contributed by atoms with Gasteiger partial charge < -0.3 is 4.74 Å². The minimum absolute atomic E-state index is 0.00756. The number of aromatic amines is 1. The van der Waals surface area contributed by atoms with Gasteiger partial charge in [0.25, 0.3) is 5.56 Å². The van der Waals surface area contributed by atoms with Gasteiger partial charge in [0.1, 0.15) is 10.2 Å². The first kappa shape index (κ1) is 14.9. The first-order valence-corrected chi connectivity index (χ1v) is 7.66. The SMILES string of the molecule is CCCc1[nH]n(CCCOc2ccccc2)c(=O)c1Br. The third-order valence-corrected chi connectivity index (χ3v) is 3.82. The number of aromatic nitrogens is 2. The van der Waals surface area contributed by atoms with Crippen LogP contribution in [0, 0.1) is 0 Å². The molecule has 5 heteroatoms. The number of hydrogen-bond acceptors (Lipinski definition) is 2. The highest BCUT2D eigenvalue weighted by Crippen LogP contribution is 2.12. The molecule has 4 nitrogen and oxygen atoms in total. The van der Waals surface area contributed by atoms with Crippen molar-refractivity contribution in [2.75, 3.05) is 6.61 Å². The summed E-state index contributed by atoms with van der Waals surface area (Å²) in [5.74, 6) is 0.860. The van der Waals surface area contributed by atoms with E-state index >= 15 is 0 Å². The van der Waals surface area contributed by atoms with Crippen LogP contribution >= 0.6 is 15.9 Å². The highest BCUT2D eigenvalue weighted by molar-refractivity contribution is 9.10. The molecule has 1 aromatic carbocycles. The molecule has 0 radical (unpaired) electrons. The van der Waals surface area contributed by atoms with E-state index in [2.05, 4.69) is 28.0 Å². The van der Waals surface area contributed by atoms with Crippen LogP contribution in [0.3, 0.4) is 0 Å². The fourth-order valence-electron chi connectivity index (χ4n) is 2.01. The first-order valence-electron chi connectivity index (χ1n) is 6.87. The van der Waals surface area contributed by atoms with Crippen LogP contribution < -0.4 is 10.3 Å². The van der Waals surface area contributed by atoms with Gasteiger partial charge in [-0.2, -0.15) is 0 Å². The summed E-state index contributed by atoms with van der Waals surface area (Å²) < 4.78 is 7.91. The summed E-state index contributed by atoms with van der Waals surface area (Å²) in [4.78, 5) is 12.0. The summed E-state index contributed by atoms with van der Waals surface area (Å²) in [5, 5.41) is 3.15. The Morgan fingerprint density at radius 1 is 1.30 bits per heavy atom. The summed E-state index contributed by atoms with van der Waals surface area (Å²) >= 11 is 3.35. The highest BCUT2D eigenvalue weighted by atomic mass is 79.9. The maximum atomic E-state index is 12.0. The number of ether oxygens (including phenoxy) is 1. The molecular weight excluding hydrogens is 320 g/mol. The van der Waals surface area contributed by atoms with Gasteiger partial charge in [-0.25, -0.2) is 0 Å². The average molecular weight is 339 g/mol. The summed E-state index contributed by atoms with van der Waals surface area (Å²) in [7, 11) is 0. The standard InChI is InChI=1S/C15H19BrN2O2/c1-2-7-13-14(16)15(19)18(17-13)10-6-11-20-12-8-4-3-5-9-12/h3-5,8-9,17H,2,6-7,10-11H2,1H3. The lowest BCUT2D eigenvalue weighted by Gasteiger charge is -2.06. The second-order valence-corrected chi connectivity index (χ2v) is 5.42. The molecule has 108 valence electrons. The molecule has 0 amide bonds. The van der Waals surface area contributed by atoms with Crippen LogP contribution in [-0.4, -0.2) is 16.4 Å². The van der Waals surface area contributed by atoms with E-state index in [4.69, 9.17) is 4.74 Å². The molecule has 0 saturated carbocycles. The number of aryl methyl sites for hydroxylation is 2. The number of halogens is 1. The zero-order valence-corrected chi connectivity index (χ0v) is 13.1. The Labute approximate surface area is 126 Å². The predicted molar refractivity (Wildman–Crippen MR) is 83.3 cm³/mol. The fourth-order valence-corrected chi connectivity index (χ4v) is 2.51. The van der Waals surface area contributed by atoms with Gasteiger partial charge in [-0.05, 0) is 34.5 Å². The molecule has 2 aromatic rings. The van der Waals surface area contributed by atoms with Crippen molar-refractivity contribution in [2.45, 2.75) is 32.7 Å². The summed E-state index contributed by atoms with van der Waals surface area (Å²) in [5.41, 5.74) is 0.981. The van der Waals surface area contributed by atoms with Crippen LogP contribution in [0.2, 0.25) is 0 Å². The smallest absolute Gasteiger partial charge is 0.281 e. The number of para-hydroxylation sites is 1. The van der Waals surface area contributed by atoms with Crippen LogP contribution in [0.5, 0.6) is 5.75 Å². The number of benzene rings is 1. The van der Waals surface area contributed by atoms with Gasteiger partial charge in [0.05, 0.1) is 12.3 Å². The van der Waals surface area contributed by atoms with Gasteiger partial charge in [-0.3, -0.25) is 14.6 Å². The molecule has 0 aliphatic carbocycles. The molecule has 2 rings (SSSR count). The minimum Gasteiger partial charge on any atom is -0.494 e. The fraction of sp³-hybridized carbons (Fsp3) is 0.400. The van der Waals surface area contributed by atoms with Crippen LogP contribution in [0.15, 0.2) is 39.6 Å². The van der Waals surface area contributed by atoms with Crippen molar-refractivity contribution in [1.82, 2.24) is 9.78 Å². The lowest BCUT2D eigenvalue weighted by Crippen LogP contribution is -2.18. The van der Waals surface area contributed by atoms with E-state index in [-0.39, 0.29) is 5.56 Å². The van der Waals surface area contributed by atoms with Gasteiger partial charge in [-0.1, -0.05) is 31.5 Å². The second kappa shape index (κ2) is 7.33. The summed E-state index contributed by atoms with van der Waals surface area (Å²) in [6, 6.07) is 9.70. The van der Waals surface area contributed by atoms with Gasteiger partial charge in [0.2, 0.25) is 0 Å². The number of nitrogens with one attached hydrogen (secondary N) is 1. The zero-order valence-electron chi connectivity index (χ0n) is 11.6. The molecule has 0 aliphatic heterocycles.